The molecule has 1 amide bonds. The molecule has 2 rings (SSSR count). The zero-order chi connectivity index (χ0) is 28.3. The molecule has 1 aliphatic carbocycles. The van der Waals surface area contributed by atoms with E-state index in [9.17, 15) is 15.0 Å². The first-order valence-electron chi connectivity index (χ1n) is 14.2. The molecule has 1 saturated carbocycles. The van der Waals surface area contributed by atoms with E-state index in [1.54, 1.807) is 14.2 Å². The van der Waals surface area contributed by atoms with E-state index in [-0.39, 0.29) is 42.8 Å². The van der Waals surface area contributed by atoms with Crippen LogP contribution in [0.15, 0.2) is 18.2 Å². The molecule has 3 atom stereocenters. The van der Waals surface area contributed by atoms with Gasteiger partial charge in [0.05, 0.1) is 25.9 Å². The van der Waals surface area contributed by atoms with Crippen LogP contribution < -0.4 is 20.5 Å². The van der Waals surface area contributed by atoms with Gasteiger partial charge in [0.1, 0.15) is 0 Å². The number of halogens is 1. The van der Waals surface area contributed by atoms with Crippen LogP contribution in [0, 0.1) is 23.2 Å². The fraction of sp³-hybridized carbons (Fsp3) is 0.767. The minimum Gasteiger partial charge on any atom is -0.493 e. The number of amides is 1. The lowest BCUT2D eigenvalue weighted by atomic mass is 9.70. The molecule has 39 heavy (non-hydrogen) atoms. The summed E-state index contributed by atoms with van der Waals surface area (Å²) in [6.45, 7) is 9.56. The molecule has 0 aromatic heterocycles. The van der Waals surface area contributed by atoms with Gasteiger partial charge in [-0.1, -0.05) is 33.8 Å². The molecule has 0 aliphatic heterocycles. The highest BCUT2D eigenvalue weighted by molar-refractivity contribution is 5.85. The summed E-state index contributed by atoms with van der Waals surface area (Å²) < 4.78 is 16.5. The lowest BCUT2D eigenvalue weighted by Gasteiger charge is -2.37. The van der Waals surface area contributed by atoms with Gasteiger partial charge in [-0.25, -0.2) is 0 Å². The molecule has 9 heteroatoms. The van der Waals surface area contributed by atoms with Crippen LogP contribution in [-0.2, 0) is 16.0 Å². The van der Waals surface area contributed by atoms with Gasteiger partial charge in [0.25, 0.3) is 0 Å². The van der Waals surface area contributed by atoms with E-state index in [1.165, 1.54) is 0 Å². The minimum absolute atomic E-state index is 0. The average molecular weight is 573 g/mol. The quantitative estimate of drug-likeness (QED) is 0.220. The summed E-state index contributed by atoms with van der Waals surface area (Å²) in [5, 5.41) is 23.5. The van der Waals surface area contributed by atoms with E-state index < -0.39 is 17.6 Å². The van der Waals surface area contributed by atoms with Crippen molar-refractivity contribution in [1.82, 2.24) is 5.32 Å². The third-order valence-corrected chi connectivity index (χ3v) is 8.26. The summed E-state index contributed by atoms with van der Waals surface area (Å²) in [5.74, 6) is 2.17. The molecule has 0 spiro atoms. The number of hydrogen-bond acceptors (Lipinski definition) is 7. The van der Waals surface area contributed by atoms with Gasteiger partial charge < -0.3 is 35.5 Å². The molecule has 8 nitrogen and oxygen atoms in total. The molecule has 226 valence electrons. The van der Waals surface area contributed by atoms with Crippen LogP contribution >= 0.6 is 12.4 Å². The second-order valence-corrected chi connectivity index (χ2v) is 11.8. The first kappa shape index (κ1) is 35.4. The smallest absolute Gasteiger partial charge is 0.226 e. The second-order valence-electron chi connectivity index (χ2n) is 11.8. The van der Waals surface area contributed by atoms with E-state index in [0.717, 1.165) is 44.1 Å². The monoisotopic (exact) mass is 572 g/mol. The van der Waals surface area contributed by atoms with E-state index in [2.05, 4.69) is 19.2 Å². The molecular weight excluding hydrogens is 520 g/mol. The van der Waals surface area contributed by atoms with Gasteiger partial charge >= 0.3 is 0 Å². The third kappa shape index (κ3) is 11.1. The van der Waals surface area contributed by atoms with Gasteiger partial charge in [0.2, 0.25) is 5.91 Å². The lowest BCUT2D eigenvalue weighted by molar-refractivity contribution is -0.134. The highest BCUT2D eigenvalue weighted by Gasteiger charge is 2.38. The number of nitrogens with one attached hydrogen (secondary N) is 1. The number of ether oxygens (including phenoxy) is 3. The molecule has 0 heterocycles. The van der Waals surface area contributed by atoms with Gasteiger partial charge in [-0.05, 0) is 74.0 Å². The molecule has 0 bridgehead atoms. The number of hydrogen-bond donors (Lipinski definition) is 4. The first-order chi connectivity index (χ1) is 18.0. The Kier molecular flexibility index (Phi) is 15.7. The Morgan fingerprint density at radius 2 is 1.79 bits per heavy atom. The molecule has 1 aliphatic rings. The molecule has 1 aromatic carbocycles. The van der Waals surface area contributed by atoms with Gasteiger partial charge in [0.15, 0.2) is 11.5 Å². The minimum atomic E-state index is -0.834. The van der Waals surface area contributed by atoms with E-state index in [0.29, 0.717) is 37.1 Å². The Balaban J connectivity index is 0.00000760. The normalized spacial score (nSPS) is 20.1. The van der Waals surface area contributed by atoms with Gasteiger partial charge in [-0.3, -0.25) is 4.79 Å². The molecule has 5 N–H and O–H groups in total. The average Bonchev–Trinajstić information content (AvgIpc) is 2.89. The summed E-state index contributed by atoms with van der Waals surface area (Å²) in [7, 11) is 3.31. The van der Waals surface area contributed by atoms with Crippen LogP contribution in [-0.4, -0.2) is 68.3 Å². The Morgan fingerprint density at radius 3 is 2.38 bits per heavy atom. The Morgan fingerprint density at radius 1 is 1.13 bits per heavy atom. The van der Waals surface area contributed by atoms with Crippen molar-refractivity contribution >= 4 is 18.3 Å². The SMILES string of the molecule is COCCCOc1cc(CC(CC(N)C(O)CNC(=O)C(C)(C)C2CCC(O)CC2)C(C)C)ccc1OC.Cl. The number of benzene rings is 1. The number of carbonyl (C=O) groups excluding carboxylic acids is 1. The highest BCUT2D eigenvalue weighted by Crippen LogP contribution is 2.38. The summed E-state index contributed by atoms with van der Waals surface area (Å²) in [5.41, 5.74) is 7.02. The van der Waals surface area contributed by atoms with E-state index in [1.807, 2.05) is 32.0 Å². The molecule has 0 radical (unpaired) electrons. The van der Waals surface area contributed by atoms with Crippen LogP contribution in [0.2, 0.25) is 0 Å². The molecule has 0 saturated heterocycles. The van der Waals surface area contributed by atoms with Crippen LogP contribution in [0.3, 0.4) is 0 Å². The standard InChI is InChI=1S/C30H52N2O6.ClH/c1-20(2)22(16-21-8-13-27(37-6)28(17-21)38-15-7-14-36-5)18-25(31)26(34)19-32-29(35)30(3,4)23-9-11-24(33)12-10-23;/h8,13,17,20,22-26,33-34H,7,9-12,14-16,18-19,31H2,1-6H3,(H,32,35);1H. The van der Waals surface area contributed by atoms with Crippen molar-refractivity contribution in [2.24, 2.45) is 28.9 Å². The maximum absolute atomic E-state index is 13.0. The molecule has 3 unspecified atom stereocenters. The number of methoxy groups -OCH3 is 2. The van der Waals surface area contributed by atoms with Crippen molar-refractivity contribution in [2.75, 3.05) is 34.0 Å². The Hall–Kier alpha value is -1.58. The zero-order valence-electron chi connectivity index (χ0n) is 24.8. The van der Waals surface area contributed by atoms with E-state index in [4.69, 9.17) is 19.9 Å². The number of carbonyl (C=O) groups is 1. The largest absolute Gasteiger partial charge is 0.493 e. The van der Waals surface area contributed by atoms with Crippen molar-refractivity contribution in [2.45, 2.75) is 90.9 Å². The van der Waals surface area contributed by atoms with Gasteiger partial charge in [0, 0.05) is 38.1 Å². The summed E-state index contributed by atoms with van der Waals surface area (Å²) in [4.78, 5) is 13.0. The summed E-state index contributed by atoms with van der Waals surface area (Å²) in [6, 6.07) is 5.54. The number of rotatable bonds is 16. The van der Waals surface area contributed by atoms with Crippen molar-refractivity contribution in [1.29, 1.82) is 0 Å². The zero-order valence-corrected chi connectivity index (χ0v) is 25.6. The van der Waals surface area contributed by atoms with Crippen molar-refractivity contribution in [3.63, 3.8) is 0 Å². The van der Waals surface area contributed by atoms with Crippen LogP contribution in [0.25, 0.3) is 0 Å². The topological polar surface area (TPSA) is 123 Å². The van der Waals surface area contributed by atoms with Crippen LogP contribution in [0.1, 0.15) is 71.8 Å². The Bertz CT molecular complexity index is 845. The summed E-state index contributed by atoms with van der Waals surface area (Å²) in [6.07, 6.45) is 4.29. The van der Waals surface area contributed by atoms with Crippen molar-refractivity contribution in [3.8, 4) is 11.5 Å². The lowest BCUT2D eigenvalue weighted by Crippen LogP contribution is -2.49. The number of nitrogens with two attached hydrogens (primary N) is 1. The van der Waals surface area contributed by atoms with Crippen molar-refractivity contribution < 1.29 is 29.2 Å². The van der Waals surface area contributed by atoms with E-state index >= 15 is 0 Å². The highest BCUT2D eigenvalue weighted by atomic mass is 35.5. The van der Waals surface area contributed by atoms with Crippen LogP contribution in [0.4, 0.5) is 0 Å². The predicted octanol–water partition coefficient (Wildman–Crippen LogP) is 4.12. The fourth-order valence-corrected chi connectivity index (χ4v) is 5.31. The first-order valence-corrected chi connectivity index (χ1v) is 14.2. The summed E-state index contributed by atoms with van der Waals surface area (Å²) >= 11 is 0. The fourth-order valence-electron chi connectivity index (χ4n) is 5.31. The van der Waals surface area contributed by atoms with Gasteiger partial charge in [-0.15, -0.1) is 12.4 Å². The second kappa shape index (κ2) is 17.3. The van der Waals surface area contributed by atoms with Crippen molar-refractivity contribution in [3.05, 3.63) is 23.8 Å². The maximum atomic E-state index is 13.0. The third-order valence-electron chi connectivity index (χ3n) is 8.26. The molecular formula is C30H53ClN2O6. The predicted molar refractivity (Wildman–Crippen MR) is 158 cm³/mol. The van der Waals surface area contributed by atoms with Gasteiger partial charge in [-0.2, -0.15) is 0 Å². The molecule has 1 aromatic rings. The molecule has 1 fully saturated rings. The number of aliphatic hydroxyl groups excluding tert-OH is 2. The number of aliphatic hydroxyl groups is 2. The van der Waals surface area contributed by atoms with Crippen LogP contribution in [0.5, 0.6) is 11.5 Å². The maximum Gasteiger partial charge on any atom is 0.226 e. The Labute approximate surface area is 241 Å².